The van der Waals surface area contributed by atoms with Crippen molar-refractivity contribution in [3.05, 3.63) is 78.6 Å². The van der Waals surface area contributed by atoms with E-state index in [1.54, 1.807) is 47.3 Å². The lowest BCUT2D eigenvalue weighted by Gasteiger charge is -2.31. The molecule has 1 amide bonds. The molecule has 156 valence electrons. The molecule has 0 atom stereocenters. The van der Waals surface area contributed by atoms with Gasteiger partial charge in [-0.05, 0) is 49.1 Å². The van der Waals surface area contributed by atoms with E-state index >= 15 is 0 Å². The molecule has 1 N–H and O–H groups in total. The maximum Gasteiger partial charge on any atom is 0.270 e. The molecule has 30 heavy (non-hydrogen) atoms. The van der Waals surface area contributed by atoms with Crippen LogP contribution in [0.4, 0.5) is 0 Å². The lowest BCUT2D eigenvalue weighted by atomic mass is 9.98. The van der Waals surface area contributed by atoms with Crippen LogP contribution in [-0.2, 0) is 10.0 Å². The third-order valence-corrected chi connectivity index (χ3v) is 7.29. The van der Waals surface area contributed by atoms with E-state index in [-0.39, 0.29) is 11.8 Å². The van der Waals surface area contributed by atoms with E-state index in [4.69, 9.17) is 0 Å². The maximum absolute atomic E-state index is 12.7. The molecule has 0 radical (unpaired) electrons. The van der Waals surface area contributed by atoms with Gasteiger partial charge in [0, 0.05) is 19.6 Å². The molecule has 4 rings (SSSR count). The minimum atomic E-state index is -3.45. The van der Waals surface area contributed by atoms with Gasteiger partial charge in [-0.1, -0.05) is 36.4 Å². The third kappa shape index (κ3) is 4.29. The summed E-state index contributed by atoms with van der Waals surface area (Å²) in [6.45, 7) is 1.43. The lowest BCUT2D eigenvalue weighted by molar-refractivity contribution is 0.0933. The van der Waals surface area contributed by atoms with Gasteiger partial charge in [-0.3, -0.25) is 4.79 Å². The van der Waals surface area contributed by atoms with Crippen molar-refractivity contribution in [3.8, 4) is 5.69 Å². The van der Waals surface area contributed by atoms with Crippen LogP contribution in [0.1, 0.15) is 23.3 Å². The Kier molecular flexibility index (Phi) is 5.96. The van der Waals surface area contributed by atoms with Crippen molar-refractivity contribution in [2.24, 2.45) is 5.92 Å². The van der Waals surface area contributed by atoms with Crippen LogP contribution < -0.4 is 5.32 Å². The fourth-order valence-corrected chi connectivity index (χ4v) is 5.16. The molecule has 1 aliphatic rings. The molecule has 0 saturated carbocycles. The number of hydrogen-bond donors (Lipinski definition) is 1. The van der Waals surface area contributed by atoms with Crippen LogP contribution in [0.3, 0.4) is 0 Å². The maximum atomic E-state index is 12.7. The Balaban J connectivity index is 1.33. The average molecular weight is 425 g/mol. The fourth-order valence-electron chi connectivity index (χ4n) is 3.67. The molecule has 7 nitrogen and oxygen atoms in total. The largest absolute Gasteiger partial charge is 0.350 e. The molecule has 3 aromatic rings. The van der Waals surface area contributed by atoms with Crippen molar-refractivity contribution in [1.82, 2.24) is 19.4 Å². The van der Waals surface area contributed by atoms with E-state index in [1.165, 1.54) is 4.31 Å². The van der Waals surface area contributed by atoms with Gasteiger partial charge < -0.3 is 5.32 Å². The van der Waals surface area contributed by atoms with Gasteiger partial charge in [0.05, 0.1) is 16.8 Å². The van der Waals surface area contributed by atoms with E-state index in [0.717, 1.165) is 5.69 Å². The monoisotopic (exact) mass is 424 g/mol. The molecule has 0 aliphatic carbocycles. The van der Waals surface area contributed by atoms with E-state index in [2.05, 4.69) is 10.4 Å². The number of piperidine rings is 1. The van der Waals surface area contributed by atoms with Crippen LogP contribution in [0.5, 0.6) is 0 Å². The Morgan fingerprint density at radius 3 is 2.27 bits per heavy atom. The molecule has 1 saturated heterocycles. The van der Waals surface area contributed by atoms with E-state index in [1.807, 2.05) is 30.3 Å². The van der Waals surface area contributed by atoms with Crippen LogP contribution in [0, 0.1) is 5.92 Å². The average Bonchev–Trinajstić information content (AvgIpc) is 3.29. The number of benzene rings is 2. The first-order valence-electron chi connectivity index (χ1n) is 9.98. The minimum Gasteiger partial charge on any atom is -0.350 e. The summed E-state index contributed by atoms with van der Waals surface area (Å²) >= 11 is 0. The highest BCUT2D eigenvalue weighted by Gasteiger charge is 2.29. The van der Waals surface area contributed by atoms with E-state index in [0.29, 0.717) is 43.1 Å². The number of amides is 1. The predicted octanol–water partition coefficient (Wildman–Crippen LogP) is 2.70. The zero-order chi connectivity index (χ0) is 21.0. The number of aromatic nitrogens is 2. The molecule has 8 heteroatoms. The first kappa shape index (κ1) is 20.3. The Morgan fingerprint density at radius 2 is 1.60 bits per heavy atom. The summed E-state index contributed by atoms with van der Waals surface area (Å²) in [6, 6.07) is 19.7. The number of carbonyl (C=O) groups is 1. The number of sulfonamides is 1. The first-order chi connectivity index (χ1) is 14.6. The van der Waals surface area contributed by atoms with Gasteiger partial charge in [0.1, 0.15) is 5.69 Å². The van der Waals surface area contributed by atoms with E-state index < -0.39 is 10.0 Å². The summed E-state index contributed by atoms with van der Waals surface area (Å²) in [7, 11) is -3.45. The Labute approximate surface area is 176 Å². The molecule has 2 heterocycles. The number of rotatable bonds is 6. The second-order valence-corrected chi connectivity index (χ2v) is 9.27. The number of nitrogens with zero attached hydrogens (tertiary/aromatic N) is 3. The number of para-hydroxylation sites is 1. The highest BCUT2D eigenvalue weighted by molar-refractivity contribution is 7.89. The Bertz CT molecular complexity index is 1090. The summed E-state index contributed by atoms with van der Waals surface area (Å²) in [4.78, 5) is 13.0. The molecule has 0 bridgehead atoms. The van der Waals surface area contributed by atoms with Crippen molar-refractivity contribution in [3.63, 3.8) is 0 Å². The zero-order valence-electron chi connectivity index (χ0n) is 16.5. The molecule has 1 aliphatic heterocycles. The van der Waals surface area contributed by atoms with Crippen molar-refractivity contribution in [1.29, 1.82) is 0 Å². The van der Waals surface area contributed by atoms with Gasteiger partial charge in [-0.15, -0.1) is 0 Å². The second-order valence-electron chi connectivity index (χ2n) is 7.33. The number of nitrogens with one attached hydrogen (secondary N) is 1. The van der Waals surface area contributed by atoms with Gasteiger partial charge >= 0.3 is 0 Å². The Hall–Kier alpha value is -2.97. The highest BCUT2D eigenvalue weighted by atomic mass is 32.2. The summed E-state index contributed by atoms with van der Waals surface area (Å²) in [5.74, 6) is 0.0555. The van der Waals surface area contributed by atoms with Gasteiger partial charge in [-0.25, -0.2) is 13.1 Å². The topological polar surface area (TPSA) is 84.3 Å². The normalized spacial score (nSPS) is 15.7. The second kappa shape index (κ2) is 8.81. The number of carbonyl (C=O) groups excluding carboxylic acids is 1. The summed E-state index contributed by atoms with van der Waals surface area (Å²) in [5, 5.41) is 7.23. The van der Waals surface area contributed by atoms with E-state index in [9.17, 15) is 13.2 Å². The van der Waals surface area contributed by atoms with Crippen molar-refractivity contribution >= 4 is 15.9 Å². The van der Waals surface area contributed by atoms with Crippen molar-refractivity contribution < 1.29 is 13.2 Å². The zero-order valence-corrected chi connectivity index (χ0v) is 17.3. The lowest BCUT2D eigenvalue weighted by Crippen LogP contribution is -2.41. The summed E-state index contributed by atoms with van der Waals surface area (Å²) < 4.78 is 28.6. The summed E-state index contributed by atoms with van der Waals surface area (Å²) in [6.07, 6.45) is 3.03. The molecular formula is C22H24N4O3S. The quantitative estimate of drug-likeness (QED) is 0.659. The predicted molar refractivity (Wildman–Crippen MR) is 114 cm³/mol. The molecular weight excluding hydrogens is 400 g/mol. The molecule has 2 aromatic carbocycles. The van der Waals surface area contributed by atoms with Crippen LogP contribution >= 0.6 is 0 Å². The highest BCUT2D eigenvalue weighted by Crippen LogP contribution is 2.23. The molecule has 1 fully saturated rings. The standard InChI is InChI=1S/C22H24N4O3S/c27-22(21-11-14-24-26(21)19-7-3-1-4-8-19)23-17-18-12-15-25(16-13-18)30(28,29)20-9-5-2-6-10-20/h1-11,14,18H,12-13,15-17H2,(H,23,27). The number of hydrogen-bond acceptors (Lipinski definition) is 4. The van der Waals surface area contributed by atoms with Crippen LogP contribution in [0.15, 0.2) is 77.8 Å². The van der Waals surface area contributed by atoms with Crippen molar-refractivity contribution in [2.75, 3.05) is 19.6 Å². The Morgan fingerprint density at radius 1 is 0.967 bits per heavy atom. The van der Waals surface area contributed by atoms with Crippen molar-refractivity contribution in [2.45, 2.75) is 17.7 Å². The third-order valence-electron chi connectivity index (χ3n) is 5.38. The fraction of sp³-hybridized carbons (Fsp3) is 0.273. The smallest absolute Gasteiger partial charge is 0.270 e. The van der Waals surface area contributed by atoms with Gasteiger partial charge in [-0.2, -0.15) is 9.40 Å². The van der Waals surface area contributed by atoms with Crippen LogP contribution in [0.25, 0.3) is 5.69 Å². The molecule has 1 aromatic heterocycles. The summed E-state index contributed by atoms with van der Waals surface area (Å²) in [5.41, 5.74) is 1.30. The van der Waals surface area contributed by atoms with Crippen LogP contribution in [-0.4, -0.2) is 48.0 Å². The van der Waals surface area contributed by atoms with Crippen LogP contribution in [0.2, 0.25) is 0 Å². The SMILES string of the molecule is O=C(NCC1CCN(S(=O)(=O)c2ccccc2)CC1)c1ccnn1-c1ccccc1. The minimum absolute atomic E-state index is 0.185. The molecule has 0 unspecified atom stereocenters. The first-order valence-corrected chi connectivity index (χ1v) is 11.4. The molecule has 0 spiro atoms. The van der Waals surface area contributed by atoms with Gasteiger partial charge in [0.2, 0.25) is 10.0 Å². The van der Waals surface area contributed by atoms with Gasteiger partial charge in [0.25, 0.3) is 5.91 Å². The van der Waals surface area contributed by atoms with Gasteiger partial charge in [0.15, 0.2) is 0 Å².